The number of H-pyrrole nitrogens is 1. The van der Waals surface area contributed by atoms with Crippen molar-refractivity contribution in [1.29, 1.82) is 0 Å². The number of nitrogens with two attached hydrogens (primary N) is 1. The molecule has 0 spiro atoms. The minimum Gasteiger partial charge on any atom is -0.383 e. The maximum absolute atomic E-state index is 13.4. The van der Waals surface area contributed by atoms with E-state index in [4.69, 9.17) is 10.7 Å². The van der Waals surface area contributed by atoms with Crippen molar-refractivity contribution in [2.45, 2.75) is 62.0 Å². The number of hydrogen-bond acceptors (Lipinski definition) is 9. The quantitative estimate of drug-likeness (QED) is 0.370. The molecule has 182 valence electrons. The molecule has 2 fully saturated rings. The third-order valence-electron chi connectivity index (χ3n) is 6.89. The van der Waals surface area contributed by atoms with Gasteiger partial charge in [0.1, 0.15) is 15.5 Å². The molecule has 0 saturated carbocycles. The Bertz CT molecular complexity index is 1470. The number of anilines is 2. The fourth-order valence-corrected chi connectivity index (χ4v) is 8.23. The second-order valence-corrected chi connectivity index (χ2v) is 12.0. The molecule has 0 aliphatic carbocycles. The summed E-state index contributed by atoms with van der Waals surface area (Å²) in [5.74, 6) is 0.888. The Kier molecular flexibility index (Phi) is 5.46. The third-order valence-corrected chi connectivity index (χ3v) is 9.75. The van der Waals surface area contributed by atoms with Crippen molar-refractivity contribution in [3.63, 3.8) is 0 Å². The number of hydrogen-bond donors (Lipinski definition) is 3. The third kappa shape index (κ3) is 3.95. The number of thiophene rings is 1. The van der Waals surface area contributed by atoms with Gasteiger partial charge in [-0.05, 0) is 50.8 Å². The molecule has 10 nitrogen and oxygen atoms in total. The molecule has 2 atom stereocenters. The van der Waals surface area contributed by atoms with E-state index in [-0.39, 0.29) is 23.0 Å². The monoisotopic (exact) mass is 510 g/mol. The highest BCUT2D eigenvalue weighted by molar-refractivity contribution is 7.89. The maximum atomic E-state index is 13.4. The van der Waals surface area contributed by atoms with Gasteiger partial charge in [0.05, 0.1) is 11.1 Å². The summed E-state index contributed by atoms with van der Waals surface area (Å²) in [7, 11) is -3.59. The number of sulfonamides is 1. The molecule has 4 N–H and O–H groups in total. The Morgan fingerprint density at radius 1 is 1.23 bits per heavy atom. The summed E-state index contributed by atoms with van der Waals surface area (Å²) in [5, 5.41) is 13.6. The van der Waals surface area contributed by atoms with Gasteiger partial charge in [0, 0.05) is 47.2 Å². The molecular weight excluding hydrogens is 484 g/mol. The largest absolute Gasteiger partial charge is 0.383 e. The summed E-state index contributed by atoms with van der Waals surface area (Å²) in [6.45, 7) is 1.95. The molecule has 6 rings (SSSR count). The summed E-state index contributed by atoms with van der Waals surface area (Å²) >= 11 is 1.51. The standard InChI is InChI=1S/C23H26N8O2S2/c1-13-8-19(30-29-13)18-12-34-22-20(18)21(24)27-23(28-22)26-14-9-15-4-2-5-16(10-14)31(15)35(32,33)17-6-3-7-25-11-17/h3,6-8,11-12,14-16H,2,4-5,9-10H2,1H3,(H,29,30)(H3,24,26,27,28). The van der Waals surface area contributed by atoms with E-state index >= 15 is 0 Å². The van der Waals surface area contributed by atoms with Crippen molar-refractivity contribution in [2.75, 3.05) is 11.1 Å². The van der Waals surface area contributed by atoms with Gasteiger partial charge in [-0.2, -0.15) is 14.4 Å². The highest BCUT2D eigenvalue weighted by Gasteiger charge is 2.45. The van der Waals surface area contributed by atoms with Gasteiger partial charge in [-0.15, -0.1) is 11.3 Å². The van der Waals surface area contributed by atoms with Gasteiger partial charge in [-0.3, -0.25) is 10.1 Å². The molecule has 35 heavy (non-hydrogen) atoms. The SMILES string of the molecule is Cc1cc(-c2csc3nc(NC4CC5CCCC(C4)N5S(=O)(=O)c4cccnc4)nc(N)c23)n[nH]1. The molecule has 0 radical (unpaired) electrons. The van der Waals surface area contributed by atoms with Crippen LogP contribution in [-0.4, -0.2) is 56.0 Å². The highest BCUT2D eigenvalue weighted by atomic mass is 32.2. The number of piperidine rings is 2. The van der Waals surface area contributed by atoms with Crippen LogP contribution in [-0.2, 0) is 10.0 Å². The lowest BCUT2D eigenvalue weighted by molar-refractivity contribution is 0.115. The Morgan fingerprint density at radius 2 is 2.03 bits per heavy atom. The summed E-state index contributed by atoms with van der Waals surface area (Å²) in [6.07, 6.45) is 7.12. The van der Waals surface area contributed by atoms with Gasteiger partial charge < -0.3 is 11.1 Å². The molecule has 2 aliphatic rings. The van der Waals surface area contributed by atoms with Gasteiger partial charge >= 0.3 is 0 Å². The van der Waals surface area contributed by atoms with Crippen LogP contribution in [0, 0.1) is 6.92 Å². The molecule has 4 aromatic heterocycles. The second kappa shape index (κ2) is 8.54. The lowest BCUT2D eigenvalue weighted by Crippen LogP contribution is -2.57. The zero-order valence-corrected chi connectivity index (χ0v) is 20.8. The first-order chi connectivity index (χ1) is 16.9. The predicted molar refractivity (Wildman–Crippen MR) is 135 cm³/mol. The van der Waals surface area contributed by atoms with E-state index in [2.05, 4.69) is 25.5 Å². The number of aromatic nitrogens is 5. The van der Waals surface area contributed by atoms with Crippen LogP contribution in [0.2, 0.25) is 0 Å². The number of aryl methyl sites for hydroxylation is 1. The molecule has 0 aromatic carbocycles. The topological polar surface area (TPSA) is 143 Å². The first-order valence-electron chi connectivity index (χ1n) is 11.7. The van der Waals surface area contributed by atoms with Crippen molar-refractivity contribution in [2.24, 2.45) is 0 Å². The van der Waals surface area contributed by atoms with Gasteiger partial charge in [0.25, 0.3) is 0 Å². The van der Waals surface area contributed by atoms with Crippen molar-refractivity contribution < 1.29 is 8.42 Å². The van der Waals surface area contributed by atoms with E-state index in [0.717, 1.165) is 46.4 Å². The summed E-state index contributed by atoms with van der Waals surface area (Å²) in [5.41, 5.74) is 9.08. The average Bonchev–Trinajstić information content (AvgIpc) is 3.45. The molecule has 2 saturated heterocycles. The number of nitrogen functional groups attached to an aromatic ring is 1. The van der Waals surface area contributed by atoms with E-state index < -0.39 is 10.0 Å². The Morgan fingerprint density at radius 3 is 2.71 bits per heavy atom. The zero-order chi connectivity index (χ0) is 24.2. The predicted octanol–water partition coefficient (Wildman–Crippen LogP) is 3.55. The lowest BCUT2D eigenvalue weighted by Gasteiger charge is -2.47. The number of fused-ring (bicyclic) bond motifs is 3. The van der Waals surface area contributed by atoms with E-state index in [1.54, 1.807) is 22.6 Å². The van der Waals surface area contributed by atoms with Gasteiger partial charge in [0.15, 0.2) is 0 Å². The second-order valence-electron chi connectivity index (χ2n) is 9.27. The number of nitrogens with zero attached hydrogens (tertiary/aromatic N) is 5. The molecule has 6 heterocycles. The van der Waals surface area contributed by atoms with Crippen molar-refractivity contribution in [3.8, 4) is 11.3 Å². The van der Waals surface area contributed by atoms with E-state index in [0.29, 0.717) is 24.6 Å². The van der Waals surface area contributed by atoms with Crippen LogP contribution < -0.4 is 11.1 Å². The molecule has 4 aromatic rings. The number of aromatic amines is 1. The molecule has 2 bridgehead atoms. The first kappa shape index (κ1) is 22.4. The highest BCUT2D eigenvalue weighted by Crippen LogP contribution is 2.40. The molecule has 12 heteroatoms. The van der Waals surface area contributed by atoms with Crippen LogP contribution in [0.3, 0.4) is 0 Å². The number of rotatable bonds is 5. The summed E-state index contributed by atoms with van der Waals surface area (Å²) in [4.78, 5) is 14.4. The normalized spacial score (nSPS) is 22.9. The molecule has 2 unspecified atom stereocenters. The van der Waals surface area contributed by atoms with Crippen LogP contribution in [0.25, 0.3) is 21.5 Å². The van der Waals surface area contributed by atoms with E-state index in [9.17, 15) is 8.42 Å². The fourth-order valence-electron chi connectivity index (χ4n) is 5.43. The minimum absolute atomic E-state index is 0.0657. The average molecular weight is 511 g/mol. The molecule has 2 aliphatic heterocycles. The van der Waals surface area contributed by atoms with Gasteiger partial charge in [-0.1, -0.05) is 6.42 Å². The first-order valence-corrected chi connectivity index (χ1v) is 14.0. The van der Waals surface area contributed by atoms with Crippen molar-refractivity contribution >= 4 is 43.3 Å². The smallest absolute Gasteiger partial charge is 0.245 e. The number of pyridine rings is 1. The van der Waals surface area contributed by atoms with Crippen LogP contribution in [0.1, 0.15) is 37.8 Å². The number of nitrogens with one attached hydrogen (secondary N) is 2. The van der Waals surface area contributed by atoms with Crippen LogP contribution >= 0.6 is 11.3 Å². The molecule has 0 amide bonds. The van der Waals surface area contributed by atoms with Gasteiger partial charge in [-0.25, -0.2) is 13.4 Å². The van der Waals surface area contributed by atoms with E-state index in [1.165, 1.54) is 17.5 Å². The van der Waals surface area contributed by atoms with Crippen LogP contribution in [0.15, 0.2) is 40.9 Å². The maximum Gasteiger partial charge on any atom is 0.245 e. The van der Waals surface area contributed by atoms with Crippen molar-refractivity contribution in [3.05, 3.63) is 41.7 Å². The summed E-state index contributed by atoms with van der Waals surface area (Å²) in [6, 6.07) is 5.19. The Hall–Kier alpha value is -3.09. The van der Waals surface area contributed by atoms with Crippen molar-refractivity contribution in [1.82, 2.24) is 29.5 Å². The summed E-state index contributed by atoms with van der Waals surface area (Å²) < 4.78 is 28.5. The molecular formula is C23H26N8O2S2. The van der Waals surface area contributed by atoms with Gasteiger partial charge in [0.2, 0.25) is 16.0 Å². The van der Waals surface area contributed by atoms with Crippen LogP contribution in [0.5, 0.6) is 0 Å². The van der Waals surface area contributed by atoms with Crippen LogP contribution in [0.4, 0.5) is 11.8 Å². The van der Waals surface area contributed by atoms with E-state index in [1.807, 2.05) is 18.4 Å². The fraction of sp³-hybridized carbons (Fsp3) is 0.391. The zero-order valence-electron chi connectivity index (χ0n) is 19.2. The lowest BCUT2D eigenvalue weighted by atomic mass is 9.84. The Labute approximate surface area is 207 Å². The minimum atomic E-state index is -3.59. The Balaban J connectivity index is 1.25.